The van der Waals surface area contributed by atoms with E-state index in [0.29, 0.717) is 6.42 Å². The van der Waals surface area contributed by atoms with Gasteiger partial charge in [-0.1, -0.05) is 13.8 Å². The molecule has 0 aromatic rings. The molecule has 1 aliphatic heterocycles. The molecule has 1 rings (SSSR count). The van der Waals surface area contributed by atoms with E-state index in [9.17, 15) is 9.59 Å². The molecule has 0 aromatic heterocycles. The Bertz CT molecular complexity index is 292. The molecule has 72 valence electrons. The molecule has 1 aliphatic rings. The Morgan fingerprint density at radius 1 is 1.62 bits per heavy atom. The maximum absolute atomic E-state index is 11.4. The number of hydrogen-bond donors (Lipinski definition) is 1. The van der Waals surface area contributed by atoms with E-state index in [1.165, 1.54) is 0 Å². The third-order valence-corrected chi connectivity index (χ3v) is 2.33. The third kappa shape index (κ3) is 1.76. The molecule has 1 unspecified atom stereocenters. The summed E-state index contributed by atoms with van der Waals surface area (Å²) in [5.41, 5.74) is 5.53. The number of rotatable bonds is 1. The summed E-state index contributed by atoms with van der Waals surface area (Å²) in [6, 6.07) is 0. The summed E-state index contributed by atoms with van der Waals surface area (Å²) < 4.78 is 0. The number of nitrogens with two attached hydrogens (primary N) is 1. The van der Waals surface area contributed by atoms with Gasteiger partial charge in [0.2, 0.25) is 5.91 Å². The smallest absolute Gasteiger partial charge is 0.258 e. The number of amides is 2. The second-order valence-electron chi connectivity index (χ2n) is 4.19. The van der Waals surface area contributed by atoms with Gasteiger partial charge in [0, 0.05) is 5.71 Å². The highest BCUT2D eigenvalue weighted by molar-refractivity contribution is 6.08. The van der Waals surface area contributed by atoms with Crippen LogP contribution in [-0.2, 0) is 9.59 Å². The monoisotopic (exact) mass is 182 g/mol. The maximum atomic E-state index is 11.4. The molecular weight excluding hydrogens is 168 g/mol. The number of primary amides is 1. The fourth-order valence-corrected chi connectivity index (χ4v) is 1.89. The lowest BCUT2D eigenvalue weighted by atomic mass is 9.72. The maximum Gasteiger partial charge on any atom is 0.258 e. The molecule has 0 radical (unpaired) electrons. The van der Waals surface area contributed by atoms with Crippen molar-refractivity contribution >= 4 is 17.5 Å². The van der Waals surface area contributed by atoms with E-state index in [-0.39, 0.29) is 0 Å². The Morgan fingerprint density at radius 3 is 2.54 bits per heavy atom. The zero-order chi connectivity index (χ0) is 10.2. The van der Waals surface area contributed by atoms with E-state index >= 15 is 0 Å². The highest BCUT2D eigenvalue weighted by atomic mass is 16.2. The number of hydrogen-bond acceptors (Lipinski definition) is 2. The number of aliphatic imine (C=N–C) groups is 1. The Balaban J connectivity index is 3.08. The normalized spacial score (nSPS) is 26.8. The molecule has 1 atom stereocenters. The zero-order valence-electron chi connectivity index (χ0n) is 8.13. The standard InChI is InChI=1S/C9H14N2O2/c1-5-4-9(2,3)6(7(10)12)8(13)11-5/h6H,4H2,1-3H3,(H2,10,12). The predicted octanol–water partition coefficient (Wildman–Crippen LogP) is 0.505. The molecular formula is C9H14N2O2. The summed E-state index contributed by atoms with van der Waals surface area (Å²) >= 11 is 0. The van der Waals surface area contributed by atoms with Gasteiger partial charge in [0.25, 0.3) is 5.91 Å². The van der Waals surface area contributed by atoms with Crippen molar-refractivity contribution in [1.82, 2.24) is 0 Å². The minimum Gasteiger partial charge on any atom is -0.369 e. The lowest BCUT2D eigenvalue weighted by molar-refractivity contribution is -0.136. The van der Waals surface area contributed by atoms with Crippen molar-refractivity contribution < 1.29 is 9.59 Å². The van der Waals surface area contributed by atoms with Gasteiger partial charge in [-0.2, -0.15) is 0 Å². The summed E-state index contributed by atoms with van der Waals surface area (Å²) in [4.78, 5) is 26.2. The topological polar surface area (TPSA) is 72.5 Å². The van der Waals surface area contributed by atoms with Crippen LogP contribution in [0.15, 0.2) is 4.99 Å². The molecule has 2 amide bonds. The molecule has 4 heteroatoms. The quantitative estimate of drug-likeness (QED) is 0.600. The summed E-state index contributed by atoms with van der Waals surface area (Å²) in [6.45, 7) is 5.51. The van der Waals surface area contributed by atoms with Gasteiger partial charge in [-0.3, -0.25) is 9.59 Å². The first-order valence-electron chi connectivity index (χ1n) is 4.22. The summed E-state index contributed by atoms with van der Waals surface area (Å²) in [5, 5.41) is 0. The van der Waals surface area contributed by atoms with Crippen LogP contribution in [0.2, 0.25) is 0 Å². The summed E-state index contributed by atoms with van der Waals surface area (Å²) in [5.74, 6) is -1.75. The number of carbonyl (C=O) groups is 2. The van der Waals surface area contributed by atoms with Crippen molar-refractivity contribution in [3.05, 3.63) is 0 Å². The van der Waals surface area contributed by atoms with Crippen LogP contribution < -0.4 is 5.73 Å². The molecule has 0 aromatic carbocycles. The summed E-state index contributed by atoms with van der Waals surface area (Å²) in [6.07, 6.45) is 0.645. The fraction of sp³-hybridized carbons (Fsp3) is 0.667. The Labute approximate surface area is 77.2 Å². The van der Waals surface area contributed by atoms with Gasteiger partial charge < -0.3 is 5.73 Å². The Morgan fingerprint density at radius 2 is 2.15 bits per heavy atom. The highest BCUT2D eigenvalue weighted by Gasteiger charge is 2.42. The van der Waals surface area contributed by atoms with Gasteiger partial charge in [-0.25, -0.2) is 4.99 Å². The van der Waals surface area contributed by atoms with Gasteiger partial charge in [-0.15, -0.1) is 0 Å². The molecule has 13 heavy (non-hydrogen) atoms. The Hall–Kier alpha value is -1.19. The first-order chi connectivity index (χ1) is 5.84. The van der Waals surface area contributed by atoms with E-state index in [4.69, 9.17) is 5.73 Å². The molecule has 4 nitrogen and oxygen atoms in total. The Kier molecular flexibility index (Phi) is 2.24. The van der Waals surface area contributed by atoms with Crippen LogP contribution in [0.4, 0.5) is 0 Å². The molecule has 0 aliphatic carbocycles. The molecule has 2 N–H and O–H groups in total. The average Bonchev–Trinajstić information content (AvgIpc) is 1.78. The first-order valence-corrected chi connectivity index (χ1v) is 4.22. The largest absolute Gasteiger partial charge is 0.369 e. The molecule has 0 spiro atoms. The minimum absolute atomic E-state index is 0.394. The van der Waals surface area contributed by atoms with Crippen molar-refractivity contribution in [2.45, 2.75) is 27.2 Å². The van der Waals surface area contributed by atoms with Crippen LogP contribution in [0, 0.1) is 11.3 Å². The van der Waals surface area contributed by atoms with E-state index in [2.05, 4.69) is 4.99 Å². The SMILES string of the molecule is CC1=NC(=O)C(C(N)=O)C(C)(C)C1. The van der Waals surface area contributed by atoms with Gasteiger partial charge in [-0.05, 0) is 18.8 Å². The van der Waals surface area contributed by atoms with Gasteiger partial charge >= 0.3 is 0 Å². The van der Waals surface area contributed by atoms with Crippen LogP contribution in [-0.4, -0.2) is 17.5 Å². The average molecular weight is 182 g/mol. The highest BCUT2D eigenvalue weighted by Crippen LogP contribution is 2.35. The van der Waals surface area contributed by atoms with Crippen LogP contribution in [0.5, 0.6) is 0 Å². The second kappa shape index (κ2) is 2.94. The molecule has 0 fully saturated rings. The van der Waals surface area contributed by atoms with Crippen LogP contribution >= 0.6 is 0 Å². The van der Waals surface area contributed by atoms with Crippen LogP contribution in [0.1, 0.15) is 27.2 Å². The van der Waals surface area contributed by atoms with Crippen molar-refractivity contribution in [3.63, 3.8) is 0 Å². The van der Waals surface area contributed by atoms with Gasteiger partial charge in [0.15, 0.2) is 0 Å². The zero-order valence-corrected chi connectivity index (χ0v) is 8.13. The summed E-state index contributed by atoms with van der Waals surface area (Å²) in [7, 11) is 0. The van der Waals surface area contributed by atoms with E-state index in [0.717, 1.165) is 5.71 Å². The lowest BCUT2D eigenvalue weighted by Crippen LogP contribution is -2.44. The minimum atomic E-state index is -0.767. The van der Waals surface area contributed by atoms with E-state index < -0.39 is 23.1 Å². The van der Waals surface area contributed by atoms with Crippen molar-refractivity contribution in [2.75, 3.05) is 0 Å². The van der Waals surface area contributed by atoms with Crippen molar-refractivity contribution in [1.29, 1.82) is 0 Å². The molecule has 0 saturated carbocycles. The number of nitrogens with zero attached hydrogens (tertiary/aromatic N) is 1. The lowest BCUT2D eigenvalue weighted by Gasteiger charge is -2.33. The molecule has 0 bridgehead atoms. The predicted molar refractivity (Wildman–Crippen MR) is 49.2 cm³/mol. The van der Waals surface area contributed by atoms with Gasteiger partial charge in [0.1, 0.15) is 5.92 Å². The van der Waals surface area contributed by atoms with Crippen molar-refractivity contribution in [3.8, 4) is 0 Å². The third-order valence-electron chi connectivity index (χ3n) is 2.33. The van der Waals surface area contributed by atoms with Crippen LogP contribution in [0.3, 0.4) is 0 Å². The van der Waals surface area contributed by atoms with Crippen molar-refractivity contribution in [2.24, 2.45) is 22.1 Å². The van der Waals surface area contributed by atoms with E-state index in [1.807, 2.05) is 13.8 Å². The van der Waals surface area contributed by atoms with Gasteiger partial charge in [0.05, 0.1) is 0 Å². The molecule has 0 saturated heterocycles. The second-order valence-corrected chi connectivity index (χ2v) is 4.19. The van der Waals surface area contributed by atoms with Crippen LogP contribution in [0.25, 0.3) is 0 Å². The van der Waals surface area contributed by atoms with E-state index in [1.54, 1.807) is 6.92 Å². The fourth-order valence-electron chi connectivity index (χ4n) is 1.89. The first kappa shape index (κ1) is 9.89. The number of carbonyl (C=O) groups excluding carboxylic acids is 2. The molecule has 1 heterocycles.